The van der Waals surface area contributed by atoms with Gasteiger partial charge in [-0.3, -0.25) is 0 Å². The van der Waals surface area contributed by atoms with Crippen LogP contribution in [0.25, 0.3) is 5.69 Å². The van der Waals surface area contributed by atoms with E-state index in [2.05, 4.69) is 21.1 Å². The van der Waals surface area contributed by atoms with Gasteiger partial charge in [0.25, 0.3) is 0 Å². The van der Waals surface area contributed by atoms with Gasteiger partial charge in [-0.15, -0.1) is 5.10 Å². The highest BCUT2D eigenvalue weighted by Gasteiger charge is 2.28. The van der Waals surface area contributed by atoms with Crippen molar-refractivity contribution in [1.29, 1.82) is 5.26 Å². The number of rotatable bonds is 3. The van der Waals surface area contributed by atoms with Gasteiger partial charge in [0, 0.05) is 5.92 Å². The van der Waals surface area contributed by atoms with Gasteiger partial charge in [0.05, 0.1) is 24.1 Å². The molecule has 1 saturated carbocycles. The van der Waals surface area contributed by atoms with Crippen LogP contribution in [-0.4, -0.2) is 28.1 Å². The van der Waals surface area contributed by atoms with Gasteiger partial charge in [-0.2, -0.15) is 5.26 Å². The van der Waals surface area contributed by atoms with Crippen LogP contribution in [0.4, 0.5) is 0 Å². The zero-order valence-corrected chi connectivity index (χ0v) is 11.6. The van der Waals surface area contributed by atoms with Gasteiger partial charge in [0.2, 0.25) is 0 Å². The third-order valence-electron chi connectivity index (χ3n) is 3.84. The second kappa shape index (κ2) is 5.37. The number of esters is 1. The average molecular weight is 282 g/mol. The van der Waals surface area contributed by atoms with E-state index in [0.717, 1.165) is 24.2 Å². The van der Waals surface area contributed by atoms with E-state index in [4.69, 9.17) is 5.26 Å². The lowest BCUT2D eigenvalue weighted by Crippen LogP contribution is -2.15. The Morgan fingerprint density at radius 1 is 1.38 bits per heavy atom. The van der Waals surface area contributed by atoms with Crippen molar-refractivity contribution in [2.75, 3.05) is 7.11 Å². The molecule has 0 N–H and O–H groups in total. The Morgan fingerprint density at radius 3 is 2.62 bits per heavy atom. The summed E-state index contributed by atoms with van der Waals surface area (Å²) < 4.78 is 6.37. The molecule has 3 rings (SSSR count). The van der Waals surface area contributed by atoms with E-state index in [9.17, 15) is 4.79 Å². The molecule has 1 aromatic carbocycles. The first-order valence-corrected chi connectivity index (χ1v) is 6.79. The average Bonchev–Trinajstić information content (AvgIpc) is 2.88. The lowest BCUT2D eigenvalue weighted by Gasteiger charge is -2.25. The molecule has 1 aliphatic carbocycles. The van der Waals surface area contributed by atoms with Gasteiger partial charge in [-0.05, 0) is 37.1 Å². The van der Waals surface area contributed by atoms with Crippen LogP contribution in [0.3, 0.4) is 0 Å². The Balaban J connectivity index is 1.99. The molecule has 0 bridgehead atoms. The molecule has 0 atom stereocenters. The van der Waals surface area contributed by atoms with E-state index in [1.54, 1.807) is 28.9 Å². The normalized spacial score (nSPS) is 14.3. The van der Waals surface area contributed by atoms with Crippen LogP contribution in [0.5, 0.6) is 0 Å². The van der Waals surface area contributed by atoms with Crippen molar-refractivity contribution in [3.63, 3.8) is 0 Å². The predicted octanol–water partition coefficient (Wildman–Crippen LogP) is 2.19. The van der Waals surface area contributed by atoms with Crippen LogP contribution in [0.15, 0.2) is 24.3 Å². The number of nitrogens with zero attached hydrogens (tertiary/aromatic N) is 4. The highest BCUT2D eigenvalue weighted by molar-refractivity contribution is 5.89. The fraction of sp³-hybridized carbons (Fsp3) is 0.333. The van der Waals surface area contributed by atoms with Crippen LogP contribution in [0.1, 0.15) is 46.9 Å². The second-order valence-electron chi connectivity index (χ2n) is 5.01. The molecule has 0 amide bonds. The Kier molecular flexibility index (Phi) is 3.40. The summed E-state index contributed by atoms with van der Waals surface area (Å²) in [4.78, 5) is 11.4. The standard InChI is InChI=1S/C15H14N4O2/c1-21-15(20)11-5-7-12(8-6-11)19-14(10-3-2-4-10)13(9-16)17-18-19/h5-8,10H,2-4H2,1H3. The van der Waals surface area contributed by atoms with E-state index in [1.165, 1.54) is 13.5 Å². The maximum absolute atomic E-state index is 11.4. The van der Waals surface area contributed by atoms with E-state index in [-0.39, 0.29) is 5.97 Å². The van der Waals surface area contributed by atoms with Crippen molar-refractivity contribution in [2.45, 2.75) is 25.2 Å². The Labute approximate surface area is 122 Å². The summed E-state index contributed by atoms with van der Waals surface area (Å²) in [5.41, 5.74) is 2.52. The van der Waals surface area contributed by atoms with Crippen molar-refractivity contribution in [3.05, 3.63) is 41.2 Å². The van der Waals surface area contributed by atoms with Crippen molar-refractivity contribution in [2.24, 2.45) is 0 Å². The lowest BCUT2D eigenvalue weighted by molar-refractivity contribution is 0.0601. The first-order valence-electron chi connectivity index (χ1n) is 6.79. The molecule has 0 saturated heterocycles. The van der Waals surface area contributed by atoms with Gasteiger partial charge in [0.15, 0.2) is 5.69 Å². The van der Waals surface area contributed by atoms with Gasteiger partial charge >= 0.3 is 5.97 Å². The molecule has 1 heterocycles. The minimum absolute atomic E-state index is 0.343. The minimum Gasteiger partial charge on any atom is -0.465 e. The fourth-order valence-corrected chi connectivity index (χ4v) is 2.46. The highest BCUT2D eigenvalue weighted by Crippen LogP contribution is 2.38. The quantitative estimate of drug-likeness (QED) is 0.806. The molecule has 1 fully saturated rings. The molecule has 6 heteroatoms. The molecule has 6 nitrogen and oxygen atoms in total. The third-order valence-corrected chi connectivity index (χ3v) is 3.84. The van der Waals surface area contributed by atoms with Gasteiger partial charge in [-0.1, -0.05) is 11.6 Å². The molecule has 1 aliphatic rings. The van der Waals surface area contributed by atoms with Gasteiger partial charge in [-0.25, -0.2) is 9.48 Å². The van der Waals surface area contributed by atoms with Crippen molar-refractivity contribution < 1.29 is 9.53 Å². The maximum atomic E-state index is 11.4. The zero-order chi connectivity index (χ0) is 14.8. The zero-order valence-electron chi connectivity index (χ0n) is 11.6. The van der Waals surface area contributed by atoms with E-state index in [1.807, 2.05) is 0 Å². The molecule has 0 spiro atoms. The van der Waals surface area contributed by atoms with Crippen LogP contribution >= 0.6 is 0 Å². The first kappa shape index (κ1) is 13.3. The first-order chi connectivity index (χ1) is 10.2. The smallest absolute Gasteiger partial charge is 0.337 e. The summed E-state index contributed by atoms with van der Waals surface area (Å²) >= 11 is 0. The Hall–Kier alpha value is -2.68. The number of carbonyl (C=O) groups is 1. The second-order valence-corrected chi connectivity index (χ2v) is 5.01. The number of benzene rings is 1. The number of aromatic nitrogens is 3. The lowest BCUT2D eigenvalue weighted by atomic mass is 9.82. The van der Waals surface area contributed by atoms with Crippen molar-refractivity contribution in [3.8, 4) is 11.8 Å². The maximum Gasteiger partial charge on any atom is 0.337 e. The topological polar surface area (TPSA) is 80.8 Å². The summed E-state index contributed by atoms with van der Waals surface area (Å²) in [5.74, 6) is -0.0352. The number of hydrogen-bond donors (Lipinski definition) is 0. The van der Waals surface area contributed by atoms with Crippen LogP contribution in [0, 0.1) is 11.3 Å². The predicted molar refractivity (Wildman–Crippen MR) is 74.0 cm³/mol. The number of nitriles is 1. The number of ether oxygens (including phenoxy) is 1. The Morgan fingerprint density at radius 2 is 2.10 bits per heavy atom. The van der Waals surface area contributed by atoms with Crippen LogP contribution < -0.4 is 0 Å². The third kappa shape index (κ3) is 2.27. The summed E-state index contributed by atoms with van der Waals surface area (Å²) in [6.07, 6.45) is 3.28. The van der Waals surface area contributed by atoms with E-state index < -0.39 is 0 Å². The van der Waals surface area contributed by atoms with Crippen LogP contribution in [-0.2, 0) is 4.74 Å². The molecule has 106 valence electrons. The number of carbonyl (C=O) groups excluding carboxylic acids is 1. The molecular formula is C15H14N4O2. The Bertz CT molecular complexity index is 708. The van der Waals surface area contributed by atoms with Crippen molar-refractivity contribution in [1.82, 2.24) is 15.0 Å². The minimum atomic E-state index is -0.378. The molecule has 2 aromatic rings. The van der Waals surface area contributed by atoms with Crippen LogP contribution in [0.2, 0.25) is 0 Å². The molecule has 21 heavy (non-hydrogen) atoms. The molecule has 0 aliphatic heterocycles. The molecule has 0 unspecified atom stereocenters. The monoisotopic (exact) mass is 282 g/mol. The van der Waals surface area contributed by atoms with Gasteiger partial charge in [0.1, 0.15) is 6.07 Å². The SMILES string of the molecule is COC(=O)c1ccc(-n2nnc(C#N)c2C2CCC2)cc1. The summed E-state index contributed by atoms with van der Waals surface area (Å²) in [6.45, 7) is 0. The molecular weight excluding hydrogens is 268 g/mol. The van der Waals surface area contributed by atoms with Gasteiger partial charge < -0.3 is 4.74 Å². The fourth-order valence-electron chi connectivity index (χ4n) is 2.46. The number of methoxy groups -OCH3 is 1. The summed E-state index contributed by atoms with van der Waals surface area (Å²) in [6, 6.07) is 9.03. The summed E-state index contributed by atoms with van der Waals surface area (Å²) in [7, 11) is 1.35. The van der Waals surface area contributed by atoms with Crippen molar-refractivity contribution >= 4 is 5.97 Å². The number of hydrogen-bond acceptors (Lipinski definition) is 5. The molecule has 0 radical (unpaired) electrons. The summed E-state index contributed by atoms with van der Waals surface area (Å²) in [5, 5.41) is 17.2. The molecule has 1 aromatic heterocycles. The van der Waals surface area contributed by atoms with E-state index in [0.29, 0.717) is 17.2 Å². The highest BCUT2D eigenvalue weighted by atomic mass is 16.5. The largest absolute Gasteiger partial charge is 0.465 e. The van der Waals surface area contributed by atoms with E-state index >= 15 is 0 Å².